The Balaban J connectivity index is 1.86. The Labute approximate surface area is 171 Å². The summed E-state index contributed by atoms with van der Waals surface area (Å²) in [7, 11) is 1.59. The van der Waals surface area contributed by atoms with Crippen molar-refractivity contribution in [3.8, 4) is 28.3 Å². The predicted molar refractivity (Wildman–Crippen MR) is 115 cm³/mol. The van der Waals surface area contributed by atoms with Crippen LogP contribution in [-0.4, -0.2) is 34.6 Å². The summed E-state index contributed by atoms with van der Waals surface area (Å²) in [5, 5.41) is 6.05. The largest absolute Gasteiger partial charge is 0.481 e. The molecule has 4 rings (SSSR count). The van der Waals surface area contributed by atoms with Crippen LogP contribution in [0.1, 0.15) is 6.92 Å². The molecule has 0 fully saturated rings. The van der Waals surface area contributed by atoms with Gasteiger partial charge in [-0.3, -0.25) is 10.3 Å². The van der Waals surface area contributed by atoms with Gasteiger partial charge in [-0.25, -0.2) is 14.8 Å². The van der Waals surface area contributed by atoms with Crippen LogP contribution in [0.5, 0.6) is 5.88 Å². The van der Waals surface area contributed by atoms with Crippen LogP contribution < -0.4 is 15.4 Å². The lowest BCUT2D eigenvalue weighted by Crippen LogP contribution is -2.28. The van der Waals surface area contributed by atoms with Crippen molar-refractivity contribution in [3.63, 3.8) is 0 Å². The fourth-order valence-corrected chi connectivity index (χ4v) is 3.93. The van der Waals surface area contributed by atoms with E-state index in [4.69, 9.17) is 4.74 Å². The number of pyridine rings is 2. The normalized spacial score (nSPS) is 10.7. The van der Waals surface area contributed by atoms with Gasteiger partial charge in [0.25, 0.3) is 0 Å². The highest BCUT2D eigenvalue weighted by atomic mass is 32.1. The first kappa shape index (κ1) is 18.8. The molecule has 4 aromatic rings. The van der Waals surface area contributed by atoms with Crippen LogP contribution in [0.15, 0.2) is 54.9 Å². The molecule has 0 saturated carbocycles. The molecule has 146 valence electrons. The number of thiazole rings is 1. The number of aromatic nitrogens is 3. The molecule has 0 spiro atoms. The molecule has 0 aliphatic rings. The average molecular weight is 405 g/mol. The summed E-state index contributed by atoms with van der Waals surface area (Å²) in [6.45, 7) is 2.41. The average Bonchev–Trinajstić information content (AvgIpc) is 3.16. The van der Waals surface area contributed by atoms with Gasteiger partial charge in [-0.1, -0.05) is 17.4 Å². The van der Waals surface area contributed by atoms with Crippen molar-refractivity contribution >= 4 is 32.7 Å². The summed E-state index contributed by atoms with van der Waals surface area (Å²) in [6.07, 6.45) is 3.47. The SMILES string of the molecule is CCNC(=O)Nc1nc2cc(-c3ccnc(OC)c3)cc(-c3ccccn3)c2s1. The van der Waals surface area contributed by atoms with Crippen molar-refractivity contribution in [2.45, 2.75) is 6.92 Å². The maximum absolute atomic E-state index is 11.9. The summed E-state index contributed by atoms with van der Waals surface area (Å²) >= 11 is 1.42. The van der Waals surface area contributed by atoms with Gasteiger partial charge in [-0.2, -0.15) is 0 Å². The molecule has 0 saturated heterocycles. The van der Waals surface area contributed by atoms with Crippen molar-refractivity contribution in [3.05, 3.63) is 54.9 Å². The molecular weight excluding hydrogens is 386 g/mol. The van der Waals surface area contributed by atoms with Crippen LogP contribution >= 0.6 is 11.3 Å². The Morgan fingerprint density at radius 1 is 1.10 bits per heavy atom. The number of rotatable bonds is 5. The molecule has 1 aromatic carbocycles. The number of fused-ring (bicyclic) bond motifs is 1. The Bertz CT molecular complexity index is 1160. The maximum Gasteiger partial charge on any atom is 0.321 e. The van der Waals surface area contributed by atoms with E-state index in [9.17, 15) is 4.79 Å². The lowest BCUT2D eigenvalue weighted by molar-refractivity contribution is 0.252. The van der Waals surface area contributed by atoms with E-state index >= 15 is 0 Å². The molecule has 2 amide bonds. The number of urea groups is 1. The highest BCUT2D eigenvalue weighted by molar-refractivity contribution is 7.22. The molecule has 0 aliphatic heterocycles. The third-order valence-electron chi connectivity index (χ3n) is 4.27. The van der Waals surface area contributed by atoms with E-state index < -0.39 is 0 Å². The molecule has 0 atom stereocenters. The number of benzene rings is 1. The molecule has 0 radical (unpaired) electrons. The van der Waals surface area contributed by atoms with Gasteiger partial charge in [0.15, 0.2) is 5.13 Å². The third kappa shape index (κ3) is 4.02. The molecule has 8 heteroatoms. The number of hydrogen-bond acceptors (Lipinski definition) is 6. The van der Waals surface area contributed by atoms with Gasteiger partial charge in [0.1, 0.15) is 0 Å². The van der Waals surface area contributed by atoms with Gasteiger partial charge < -0.3 is 10.1 Å². The Morgan fingerprint density at radius 2 is 2.00 bits per heavy atom. The predicted octanol–water partition coefficient (Wildman–Crippen LogP) is 4.57. The Kier molecular flexibility index (Phi) is 5.35. The first-order chi connectivity index (χ1) is 14.2. The Morgan fingerprint density at radius 3 is 2.76 bits per heavy atom. The molecule has 0 bridgehead atoms. The van der Waals surface area contributed by atoms with Crippen LogP contribution in [0.3, 0.4) is 0 Å². The minimum Gasteiger partial charge on any atom is -0.481 e. The van der Waals surface area contributed by atoms with Crippen molar-refractivity contribution in [2.75, 3.05) is 19.0 Å². The highest BCUT2D eigenvalue weighted by Crippen LogP contribution is 2.38. The Hall–Kier alpha value is -3.52. The number of carbonyl (C=O) groups excluding carboxylic acids is 1. The van der Waals surface area contributed by atoms with Gasteiger partial charge in [0, 0.05) is 30.6 Å². The van der Waals surface area contributed by atoms with Gasteiger partial charge in [0.05, 0.1) is 23.0 Å². The molecule has 0 aliphatic carbocycles. The minimum atomic E-state index is -0.273. The van der Waals surface area contributed by atoms with Gasteiger partial charge in [-0.15, -0.1) is 0 Å². The van der Waals surface area contributed by atoms with E-state index in [1.165, 1.54) is 11.3 Å². The zero-order chi connectivity index (χ0) is 20.2. The molecule has 0 unspecified atom stereocenters. The highest BCUT2D eigenvalue weighted by Gasteiger charge is 2.15. The number of amides is 2. The standard InChI is InChI=1S/C21H19N5O2S/c1-3-22-20(27)26-21-25-17-11-14(13-7-9-24-18(12-13)28-2)10-15(19(17)29-21)16-6-4-5-8-23-16/h4-12H,3H2,1-2H3,(H2,22,25,26,27). The molecule has 29 heavy (non-hydrogen) atoms. The van der Waals surface area contributed by atoms with Crippen LogP contribution in [-0.2, 0) is 0 Å². The second kappa shape index (κ2) is 8.24. The number of carbonyl (C=O) groups is 1. The topological polar surface area (TPSA) is 89.0 Å². The van der Waals surface area contributed by atoms with Crippen molar-refractivity contribution < 1.29 is 9.53 Å². The van der Waals surface area contributed by atoms with Crippen LogP contribution in [0, 0.1) is 0 Å². The first-order valence-electron chi connectivity index (χ1n) is 9.09. The van der Waals surface area contributed by atoms with Crippen LogP contribution in [0.25, 0.3) is 32.6 Å². The van der Waals surface area contributed by atoms with E-state index in [2.05, 4.69) is 31.7 Å². The molecule has 2 N–H and O–H groups in total. The lowest BCUT2D eigenvalue weighted by Gasteiger charge is -2.08. The first-order valence-corrected chi connectivity index (χ1v) is 9.91. The smallest absolute Gasteiger partial charge is 0.321 e. The van der Waals surface area contributed by atoms with Gasteiger partial charge in [-0.05, 0) is 48.4 Å². The van der Waals surface area contributed by atoms with Gasteiger partial charge in [0.2, 0.25) is 5.88 Å². The van der Waals surface area contributed by atoms with Crippen LogP contribution in [0.2, 0.25) is 0 Å². The van der Waals surface area contributed by atoms with E-state index in [1.54, 1.807) is 19.5 Å². The third-order valence-corrected chi connectivity index (χ3v) is 5.29. The molecule has 3 aromatic heterocycles. The second-order valence-corrected chi connectivity index (χ2v) is 7.18. The monoisotopic (exact) mass is 405 g/mol. The van der Waals surface area contributed by atoms with E-state index in [0.29, 0.717) is 17.6 Å². The summed E-state index contributed by atoms with van der Waals surface area (Å²) in [6, 6.07) is 13.4. The second-order valence-electron chi connectivity index (χ2n) is 6.18. The fraction of sp³-hybridized carbons (Fsp3) is 0.143. The van der Waals surface area contributed by atoms with E-state index in [-0.39, 0.29) is 6.03 Å². The summed E-state index contributed by atoms with van der Waals surface area (Å²) < 4.78 is 6.22. The summed E-state index contributed by atoms with van der Waals surface area (Å²) in [4.78, 5) is 25.2. The fourth-order valence-electron chi connectivity index (χ4n) is 2.97. The maximum atomic E-state index is 11.9. The number of nitrogens with zero attached hydrogens (tertiary/aromatic N) is 3. The zero-order valence-corrected chi connectivity index (χ0v) is 16.8. The van der Waals surface area contributed by atoms with Crippen LogP contribution in [0.4, 0.5) is 9.93 Å². The minimum absolute atomic E-state index is 0.273. The molecule has 3 heterocycles. The number of methoxy groups -OCH3 is 1. The van der Waals surface area contributed by atoms with Gasteiger partial charge >= 0.3 is 6.03 Å². The van der Waals surface area contributed by atoms with Crippen molar-refractivity contribution in [1.82, 2.24) is 20.3 Å². The molecular formula is C21H19N5O2S. The summed E-state index contributed by atoms with van der Waals surface area (Å²) in [5.41, 5.74) is 4.51. The number of anilines is 1. The van der Waals surface area contributed by atoms with E-state index in [0.717, 1.165) is 32.6 Å². The zero-order valence-electron chi connectivity index (χ0n) is 16.0. The number of hydrogen-bond donors (Lipinski definition) is 2. The molecule has 7 nitrogen and oxygen atoms in total. The summed E-state index contributed by atoms with van der Waals surface area (Å²) in [5.74, 6) is 0.541. The number of ether oxygens (including phenoxy) is 1. The number of nitrogens with one attached hydrogen (secondary N) is 2. The van der Waals surface area contributed by atoms with E-state index in [1.807, 2.05) is 43.3 Å². The lowest BCUT2D eigenvalue weighted by atomic mass is 10.0. The van der Waals surface area contributed by atoms with Crippen molar-refractivity contribution in [2.24, 2.45) is 0 Å². The van der Waals surface area contributed by atoms with Crippen molar-refractivity contribution in [1.29, 1.82) is 0 Å². The quantitative estimate of drug-likeness (QED) is 0.508.